The van der Waals surface area contributed by atoms with E-state index in [1.54, 1.807) is 0 Å². The molecule has 104 valence electrons. The second kappa shape index (κ2) is 6.55. The van der Waals surface area contributed by atoms with E-state index in [2.05, 4.69) is 11.8 Å². The quantitative estimate of drug-likeness (QED) is 0.836. The predicted octanol–water partition coefficient (Wildman–Crippen LogP) is 2.69. The van der Waals surface area contributed by atoms with Gasteiger partial charge in [0.1, 0.15) is 0 Å². The molecule has 0 spiro atoms. The maximum Gasteiger partial charge on any atom is 0.223 e. The van der Waals surface area contributed by atoms with Crippen LogP contribution in [0.25, 0.3) is 0 Å². The van der Waals surface area contributed by atoms with Gasteiger partial charge in [-0.25, -0.2) is 0 Å². The molecule has 18 heavy (non-hydrogen) atoms. The largest absolute Gasteiger partial charge is 0.340 e. The number of carbonyl (C=O) groups excluding carboxylic acids is 1. The van der Waals surface area contributed by atoms with Gasteiger partial charge in [-0.05, 0) is 51.4 Å². The number of rotatable bonds is 4. The molecule has 0 bridgehead atoms. The number of hydrogen-bond acceptors (Lipinski definition) is 2. The third-order valence-electron chi connectivity index (χ3n) is 4.78. The van der Waals surface area contributed by atoms with Crippen LogP contribution in [-0.4, -0.2) is 29.4 Å². The molecule has 2 rings (SSSR count). The molecule has 2 fully saturated rings. The Kier molecular flexibility index (Phi) is 5.04. The van der Waals surface area contributed by atoms with Gasteiger partial charge in [0.15, 0.2) is 0 Å². The summed E-state index contributed by atoms with van der Waals surface area (Å²) in [6.07, 6.45) is 10.3. The van der Waals surface area contributed by atoms with Crippen molar-refractivity contribution < 1.29 is 4.79 Å². The van der Waals surface area contributed by atoms with E-state index in [-0.39, 0.29) is 0 Å². The van der Waals surface area contributed by atoms with Gasteiger partial charge in [-0.15, -0.1) is 0 Å². The molecular weight excluding hydrogens is 224 g/mol. The Labute approximate surface area is 111 Å². The van der Waals surface area contributed by atoms with Crippen LogP contribution in [0.3, 0.4) is 0 Å². The van der Waals surface area contributed by atoms with Crippen molar-refractivity contribution in [1.29, 1.82) is 0 Å². The summed E-state index contributed by atoms with van der Waals surface area (Å²) in [7, 11) is 0. The van der Waals surface area contributed by atoms with Gasteiger partial charge in [0.05, 0.1) is 0 Å². The van der Waals surface area contributed by atoms with E-state index >= 15 is 0 Å². The van der Waals surface area contributed by atoms with E-state index in [0.717, 1.165) is 38.6 Å². The van der Waals surface area contributed by atoms with Crippen LogP contribution in [0.15, 0.2) is 0 Å². The van der Waals surface area contributed by atoms with Gasteiger partial charge in [-0.1, -0.05) is 12.8 Å². The fraction of sp³-hybridized carbons (Fsp3) is 0.933. The smallest absolute Gasteiger partial charge is 0.223 e. The average molecular weight is 252 g/mol. The third kappa shape index (κ3) is 3.47. The maximum absolute atomic E-state index is 12.4. The molecule has 0 atom stereocenters. The molecule has 2 aliphatic carbocycles. The van der Waals surface area contributed by atoms with Crippen molar-refractivity contribution >= 4 is 5.91 Å². The lowest BCUT2D eigenvalue weighted by Crippen LogP contribution is -2.40. The van der Waals surface area contributed by atoms with Gasteiger partial charge < -0.3 is 10.6 Å². The fourth-order valence-corrected chi connectivity index (χ4v) is 3.61. The molecule has 0 aromatic heterocycles. The average Bonchev–Trinajstić information content (AvgIpc) is 2.87. The molecule has 0 heterocycles. The summed E-state index contributed by atoms with van der Waals surface area (Å²) in [6, 6.07) is 0.918. The lowest BCUT2D eigenvalue weighted by molar-refractivity contribution is -0.134. The molecule has 2 aliphatic rings. The van der Waals surface area contributed by atoms with E-state index < -0.39 is 0 Å². The topological polar surface area (TPSA) is 46.3 Å². The minimum absolute atomic E-state index is 0.383. The van der Waals surface area contributed by atoms with E-state index in [0.29, 0.717) is 23.9 Å². The first kappa shape index (κ1) is 13.9. The minimum atomic E-state index is 0.383. The van der Waals surface area contributed by atoms with E-state index in [1.807, 2.05) is 0 Å². The zero-order valence-corrected chi connectivity index (χ0v) is 11.7. The van der Waals surface area contributed by atoms with Crippen LogP contribution in [0.1, 0.15) is 64.7 Å². The maximum atomic E-state index is 12.4. The van der Waals surface area contributed by atoms with Crippen molar-refractivity contribution in [2.75, 3.05) is 6.54 Å². The highest BCUT2D eigenvalue weighted by molar-refractivity contribution is 5.76. The number of carbonyl (C=O) groups is 1. The van der Waals surface area contributed by atoms with Crippen LogP contribution in [-0.2, 0) is 4.79 Å². The monoisotopic (exact) mass is 252 g/mol. The standard InChI is InChI=1S/C15H28N2O/c1-2-17(14-5-3-4-6-14)15(18)11-12-7-9-13(16)10-8-12/h12-14H,2-11,16H2,1H3. The zero-order valence-electron chi connectivity index (χ0n) is 11.7. The Bertz CT molecular complexity index is 266. The Morgan fingerprint density at radius 3 is 2.28 bits per heavy atom. The molecule has 0 unspecified atom stereocenters. The summed E-state index contributed by atoms with van der Waals surface area (Å²) < 4.78 is 0. The molecule has 0 aliphatic heterocycles. The number of nitrogens with zero attached hydrogens (tertiary/aromatic N) is 1. The second-order valence-corrected chi connectivity index (χ2v) is 6.10. The molecule has 2 N–H and O–H groups in total. The van der Waals surface area contributed by atoms with Crippen LogP contribution >= 0.6 is 0 Å². The first-order chi connectivity index (χ1) is 8.70. The van der Waals surface area contributed by atoms with E-state index in [1.165, 1.54) is 25.7 Å². The van der Waals surface area contributed by atoms with Crippen LogP contribution in [0.5, 0.6) is 0 Å². The zero-order chi connectivity index (χ0) is 13.0. The molecule has 3 heteroatoms. The summed E-state index contributed by atoms with van der Waals surface area (Å²) in [6.45, 7) is 3.00. The summed E-state index contributed by atoms with van der Waals surface area (Å²) in [5.74, 6) is 0.984. The highest BCUT2D eigenvalue weighted by Crippen LogP contribution is 2.29. The summed E-state index contributed by atoms with van der Waals surface area (Å²) in [5.41, 5.74) is 5.92. The Morgan fingerprint density at radius 1 is 1.11 bits per heavy atom. The molecule has 3 nitrogen and oxygen atoms in total. The third-order valence-corrected chi connectivity index (χ3v) is 4.78. The lowest BCUT2D eigenvalue weighted by atomic mass is 9.84. The molecule has 1 amide bonds. The molecule has 0 radical (unpaired) electrons. The van der Waals surface area contributed by atoms with Crippen molar-refractivity contribution in [2.24, 2.45) is 11.7 Å². The van der Waals surface area contributed by atoms with Gasteiger partial charge in [0.25, 0.3) is 0 Å². The highest BCUT2D eigenvalue weighted by Gasteiger charge is 2.28. The van der Waals surface area contributed by atoms with E-state index in [9.17, 15) is 4.79 Å². The van der Waals surface area contributed by atoms with E-state index in [4.69, 9.17) is 5.73 Å². The Morgan fingerprint density at radius 2 is 1.72 bits per heavy atom. The highest BCUT2D eigenvalue weighted by atomic mass is 16.2. The molecule has 0 saturated heterocycles. The van der Waals surface area contributed by atoms with Crippen LogP contribution in [0.2, 0.25) is 0 Å². The lowest BCUT2D eigenvalue weighted by Gasteiger charge is -2.31. The van der Waals surface area contributed by atoms with Crippen molar-refractivity contribution in [3.8, 4) is 0 Å². The minimum Gasteiger partial charge on any atom is -0.340 e. The SMILES string of the molecule is CCN(C(=O)CC1CCC(N)CC1)C1CCCC1. The van der Waals surface area contributed by atoms with Crippen molar-refractivity contribution in [2.45, 2.75) is 76.8 Å². The van der Waals surface area contributed by atoms with Gasteiger partial charge in [-0.3, -0.25) is 4.79 Å². The molecule has 0 aromatic carbocycles. The first-order valence-electron chi connectivity index (χ1n) is 7.75. The van der Waals surface area contributed by atoms with Crippen LogP contribution < -0.4 is 5.73 Å². The number of hydrogen-bond donors (Lipinski definition) is 1. The number of amides is 1. The molecule has 0 aromatic rings. The second-order valence-electron chi connectivity index (χ2n) is 6.10. The predicted molar refractivity (Wildman–Crippen MR) is 74.2 cm³/mol. The molecular formula is C15H28N2O. The Hall–Kier alpha value is -0.570. The van der Waals surface area contributed by atoms with Gasteiger partial charge in [0, 0.05) is 25.0 Å². The normalized spacial score (nSPS) is 29.4. The Balaban J connectivity index is 1.81. The summed E-state index contributed by atoms with van der Waals surface area (Å²) in [4.78, 5) is 14.5. The molecule has 2 saturated carbocycles. The van der Waals surface area contributed by atoms with Crippen LogP contribution in [0, 0.1) is 5.92 Å². The fourth-order valence-electron chi connectivity index (χ4n) is 3.61. The van der Waals surface area contributed by atoms with Gasteiger partial charge in [-0.2, -0.15) is 0 Å². The van der Waals surface area contributed by atoms with Crippen molar-refractivity contribution in [3.63, 3.8) is 0 Å². The summed E-state index contributed by atoms with van der Waals surface area (Å²) in [5, 5.41) is 0. The summed E-state index contributed by atoms with van der Waals surface area (Å²) >= 11 is 0. The van der Waals surface area contributed by atoms with Gasteiger partial charge in [0.2, 0.25) is 5.91 Å². The first-order valence-corrected chi connectivity index (χ1v) is 7.75. The van der Waals surface area contributed by atoms with Crippen LogP contribution in [0.4, 0.5) is 0 Å². The van der Waals surface area contributed by atoms with Crippen molar-refractivity contribution in [3.05, 3.63) is 0 Å². The van der Waals surface area contributed by atoms with Crippen molar-refractivity contribution in [1.82, 2.24) is 4.90 Å². The number of nitrogens with two attached hydrogens (primary N) is 1. The van der Waals surface area contributed by atoms with Gasteiger partial charge >= 0.3 is 0 Å².